The molecule has 0 fully saturated rings. The molecule has 2 aromatic rings. The largest absolute Gasteiger partial charge is 0.494 e. The van der Waals surface area contributed by atoms with Crippen LogP contribution < -0.4 is 4.74 Å². The Bertz CT molecular complexity index is 437. The number of aliphatic hydroxyl groups excluding tert-OH is 1. The number of nitrogens with one attached hydrogen (secondary N) is 1. The number of benzene rings is 1. The molecule has 0 aliphatic heterocycles. The van der Waals surface area contributed by atoms with E-state index in [2.05, 4.69) is 9.97 Å². The highest BCUT2D eigenvalue weighted by Crippen LogP contribution is 2.20. The maximum absolute atomic E-state index is 10.0. The number of imidazole rings is 1. The van der Waals surface area contributed by atoms with Crippen LogP contribution in [0.4, 0.5) is 0 Å². The van der Waals surface area contributed by atoms with E-state index in [-0.39, 0.29) is 0 Å². The molecule has 1 unspecified atom stereocenters. The topological polar surface area (TPSA) is 58.1 Å². The summed E-state index contributed by atoms with van der Waals surface area (Å²) >= 11 is 0. The molecule has 1 aromatic heterocycles. The molecule has 17 heavy (non-hydrogen) atoms. The lowest BCUT2D eigenvalue weighted by molar-refractivity contribution is 0.176. The number of rotatable bonds is 5. The molecular formula is C13H16N2O2. The van der Waals surface area contributed by atoms with E-state index >= 15 is 0 Å². The zero-order valence-corrected chi connectivity index (χ0v) is 9.76. The molecule has 4 nitrogen and oxygen atoms in total. The van der Waals surface area contributed by atoms with Gasteiger partial charge in [0.15, 0.2) is 0 Å². The van der Waals surface area contributed by atoms with Gasteiger partial charge in [0.25, 0.3) is 0 Å². The van der Waals surface area contributed by atoms with Crippen LogP contribution in [0.3, 0.4) is 0 Å². The van der Waals surface area contributed by atoms with E-state index in [1.165, 1.54) is 0 Å². The average molecular weight is 232 g/mol. The van der Waals surface area contributed by atoms with Crippen molar-refractivity contribution < 1.29 is 9.84 Å². The van der Waals surface area contributed by atoms with E-state index < -0.39 is 6.10 Å². The van der Waals surface area contributed by atoms with E-state index in [0.717, 1.165) is 17.1 Å². The van der Waals surface area contributed by atoms with Crippen molar-refractivity contribution in [3.05, 3.63) is 48.0 Å². The second-order valence-electron chi connectivity index (χ2n) is 3.76. The summed E-state index contributed by atoms with van der Waals surface area (Å²) in [7, 11) is 0. The minimum atomic E-state index is -0.545. The molecule has 1 aromatic carbocycles. The number of hydrogen-bond donors (Lipinski definition) is 2. The number of aromatic nitrogens is 2. The average Bonchev–Trinajstić information content (AvgIpc) is 2.83. The second kappa shape index (κ2) is 5.50. The second-order valence-corrected chi connectivity index (χ2v) is 3.76. The van der Waals surface area contributed by atoms with Gasteiger partial charge in [-0.2, -0.15) is 0 Å². The minimum absolute atomic E-state index is 0.487. The van der Waals surface area contributed by atoms with Crippen LogP contribution in [0.15, 0.2) is 36.7 Å². The van der Waals surface area contributed by atoms with Crippen molar-refractivity contribution in [3.8, 4) is 5.75 Å². The predicted molar refractivity (Wildman–Crippen MR) is 64.9 cm³/mol. The summed E-state index contributed by atoms with van der Waals surface area (Å²) in [6.07, 6.45) is 3.37. The quantitative estimate of drug-likeness (QED) is 0.829. The first-order chi connectivity index (χ1) is 8.29. The van der Waals surface area contributed by atoms with Crippen LogP contribution in [-0.2, 0) is 6.42 Å². The number of ether oxygens (including phenoxy) is 1. The van der Waals surface area contributed by atoms with E-state index in [1.54, 1.807) is 12.4 Å². The van der Waals surface area contributed by atoms with Gasteiger partial charge in [-0.1, -0.05) is 12.1 Å². The third-order valence-corrected chi connectivity index (χ3v) is 2.52. The SMILES string of the molecule is CCOc1ccc(C(O)Cc2ncc[nH]2)cc1. The Morgan fingerprint density at radius 2 is 2.12 bits per heavy atom. The van der Waals surface area contributed by atoms with Gasteiger partial charge < -0.3 is 14.8 Å². The van der Waals surface area contributed by atoms with Crippen LogP contribution in [0.1, 0.15) is 24.4 Å². The molecule has 0 amide bonds. The lowest BCUT2D eigenvalue weighted by Crippen LogP contribution is -2.03. The molecule has 2 N–H and O–H groups in total. The molecule has 0 saturated heterocycles. The van der Waals surface area contributed by atoms with Gasteiger partial charge >= 0.3 is 0 Å². The summed E-state index contributed by atoms with van der Waals surface area (Å²) in [5.74, 6) is 1.60. The summed E-state index contributed by atoms with van der Waals surface area (Å²) in [6, 6.07) is 7.48. The first kappa shape index (κ1) is 11.7. The normalized spacial score (nSPS) is 12.4. The van der Waals surface area contributed by atoms with Crippen LogP contribution in [0.5, 0.6) is 5.75 Å². The van der Waals surface area contributed by atoms with Crippen LogP contribution in [0.2, 0.25) is 0 Å². The highest BCUT2D eigenvalue weighted by atomic mass is 16.5. The fourth-order valence-electron chi connectivity index (χ4n) is 1.66. The zero-order chi connectivity index (χ0) is 12.1. The predicted octanol–water partition coefficient (Wildman–Crippen LogP) is 2.08. The molecule has 2 rings (SSSR count). The number of aromatic amines is 1. The smallest absolute Gasteiger partial charge is 0.119 e. The van der Waals surface area contributed by atoms with Crippen LogP contribution in [-0.4, -0.2) is 21.7 Å². The van der Waals surface area contributed by atoms with Gasteiger partial charge in [-0.25, -0.2) is 4.98 Å². The van der Waals surface area contributed by atoms with Crippen LogP contribution >= 0.6 is 0 Å². The molecule has 0 radical (unpaired) electrons. The summed E-state index contributed by atoms with van der Waals surface area (Å²) < 4.78 is 5.35. The van der Waals surface area contributed by atoms with E-state index in [9.17, 15) is 5.11 Å². The van der Waals surface area contributed by atoms with Crippen LogP contribution in [0.25, 0.3) is 0 Å². The molecule has 0 bridgehead atoms. The molecule has 4 heteroatoms. The van der Waals surface area contributed by atoms with Crippen molar-refractivity contribution in [1.82, 2.24) is 9.97 Å². The van der Waals surface area contributed by atoms with Crippen molar-refractivity contribution in [3.63, 3.8) is 0 Å². The van der Waals surface area contributed by atoms with Crippen molar-refractivity contribution >= 4 is 0 Å². The van der Waals surface area contributed by atoms with Gasteiger partial charge in [0, 0.05) is 18.8 Å². The van der Waals surface area contributed by atoms with E-state index in [4.69, 9.17) is 4.74 Å². The molecule has 0 aliphatic rings. The maximum Gasteiger partial charge on any atom is 0.119 e. The van der Waals surface area contributed by atoms with Crippen LogP contribution in [0, 0.1) is 0 Å². The number of H-pyrrole nitrogens is 1. The Morgan fingerprint density at radius 1 is 1.35 bits per heavy atom. The standard InChI is InChI=1S/C13H16N2O2/c1-2-17-11-5-3-10(4-6-11)12(16)9-13-14-7-8-15-13/h3-8,12,16H,2,9H2,1H3,(H,14,15). The fourth-order valence-corrected chi connectivity index (χ4v) is 1.66. The van der Waals surface area contributed by atoms with Crippen molar-refractivity contribution in [2.75, 3.05) is 6.61 Å². The third kappa shape index (κ3) is 3.07. The van der Waals surface area contributed by atoms with E-state index in [1.807, 2.05) is 31.2 Å². The lowest BCUT2D eigenvalue weighted by atomic mass is 10.1. The maximum atomic E-state index is 10.0. The van der Waals surface area contributed by atoms with Crippen molar-refractivity contribution in [1.29, 1.82) is 0 Å². The van der Waals surface area contributed by atoms with Gasteiger partial charge in [-0.3, -0.25) is 0 Å². The summed E-state index contributed by atoms with van der Waals surface area (Å²) in [5, 5.41) is 10.0. The Morgan fingerprint density at radius 3 is 2.71 bits per heavy atom. The Labute approximate surface area is 100 Å². The molecule has 1 atom stereocenters. The highest BCUT2D eigenvalue weighted by molar-refractivity contribution is 5.28. The fraction of sp³-hybridized carbons (Fsp3) is 0.308. The Balaban J connectivity index is 2.01. The molecule has 0 saturated carbocycles. The van der Waals surface area contributed by atoms with Gasteiger partial charge in [-0.05, 0) is 24.6 Å². The Kier molecular flexibility index (Phi) is 3.77. The van der Waals surface area contributed by atoms with Gasteiger partial charge in [0.1, 0.15) is 11.6 Å². The minimum Gasteiger partial charge on any atom is -0.494 e. The molecular weight excluding hydrogens is 216 g/mol. The van der Waals surface area contributed by atoms with E-state index in [0.29, 0.717) is 13.0 Å². The summed E-state index contributed by atoms with van der Waals surface area (Å²) in [6.45, 7) is 2.59. The highest BCUT2D eigenvalue weighted by Gasteiger charge is 2.09. The number of hydrogen-bond acceptors (Lipinski definition) is 3. The first-order valence-electron chi connectivity index (χ1n) is 5.68. The van der Waals surface area contributed by atoms with Crippen molar-refractivity contribution in [2.45, 2.75) is 19.4 Å². The summed E-state index contributed by atoms with van der Waals surface area (Å²) in [4.78, 5) is 7.06. The number of nitrogens with zero attached hydrogens (tertiary/aromatic N) is 1. The van der Waals surface area contributed by atoms with Crippen molar-refractivity contribution in [2.24, 2.45) is 0 Å². The molecule has 0 aliphatic carbocycles. The molecule has 90 valence electrons. The van der Waals surface area contributed by atoms with Gasteiger partial charge in [-0.15, -0.1) is 0 Å². The first-order valence-corrected chi connectivity index (χ1v) is 5.68. The monoisotopic (exact) mass is 232 g/mol. The van der Waals surface area contributed by atoms with Gasteiger partial charge in [0.2, 0.25) is 0 Å². The Hall–Kier alpha value is -1.81. The lowest BCUT2D eigenvalue weighted by Gasteiger charge is -2.10. The number of aliphatic hydroxyl groups is 1. The zero-order valence-electron chi connectivity index (χ0n) is 9.76. The third-order valence-electron chi connectivity index (χ3n) is 2.52. The molecule has 1 heterocycles. The summed E-state index contributed by atoms with van der Waals surface area (Å²) in [5.41, 5.74) is 0.866. The molecule has 0 spiro atoms. The van der Waals surface area contributed by atoms with Gasteiger partial charge in [0.05, 0.1) is 12.7 Å².